The number of nitrogens with one attached hydrogen (secondary N) is 2. The summed E-state index contributed by atoms with van der Waals surface area (Å²) >= 11 is 0. The van der Waals surface area contributed by atoms with Crippen molar-refractivity contribution < 1.29 is 0 Å². The lowest BCUT2D eigenvalue weighted by atomic mass is 10.2. The number of anilines is 4. The predicted molar refractivity (Wildman–Crippen MR) is 92.5 cm³/mol. The van der Waals surface area contributed by atoms with E-state index in [1.807, 2.05) is 49.4 Å². The molecule has 0 bridgehead atoms. The lowest BCUT2D eigenvalue weighted by Crippen LogP contribution is -2.08. The van der Waals surface area contributed by atoms with E-state index in [1.54, 1.807) is 6.20 Å². The maximum absolute atomic E-state index is 6.17. The van der Waals surface area contributed by atoms with Crippen molar-refractivity contribution in [1.82, 2.24) is 15.0 Å². The maximum Gasteiger partial charge on any atom is 0.160 e. The van der Waals surface area contributed by atoms with Gasteiger partial charge < -0.3 is 16.4 Å². The lowest BCUT2D eigenvalue weighted by Gasteiger charge is -2.13. The van der Waals surface area contributed by atoms with Gasteiger partial charge in [-0.05, 0) is 24.1 Å². The number of pyridine rings is 1. The first-order valence-corrected chi connectivity index (χ1v) is 7.31. The summed E-state index contributed by atoms with van der Waals surface area (Å²) < 4.78 is 0. The molecule has 0 fully saturated rings. The molecule has 0 aliphatic rings. The number of aromatic nitrogens is 3. The molecule has 0 aliphatic heterocycles. The van der Waals surface area contributed by atoms with E-state index in [9.17, 15) is 0 Å². The summed E-state index contributed by atoms with van der Waals surface area (Å²) in [6.45, 7) is 2.62. The van der Waals surface area contributed by atoms with Crippen LogP contribution in [0, 0.1) is 6.92 Å². The van der Waals surface area contributed by atoms with Crippen LogP contribution in [0.15, 0.2) is 55.0 Å². The molecule has 1 aromatic carbocycles. The van der Waals surface area contributed by atoms with Gasteiger partial charge in [0.25, 0.3) is 0 Å². The van der Waals surface area contributed by atoms with Crippen molar-refractivity contribution in [1.29, 1.82) is 0 Å². The van der Waals surface area contributed by atoms with Crippen LogP contribution in [-0.4, -0.2) is 15.0 Å². The van der Waals surface area contributed by atoms with Gasteiger partial charge in [-0.2, -0.15) is 0 Å². The standard InChI is InChI=1S/C17H18N6/c1-12-6-5-9-19-15(12)23-17-14(18)16(21-11-22-17)20-10-13-7-3-2-4-8-13/h2-9,11H,10,18H2,1H3,(H2,19,20,21,22,23). The van der Waals surface area contributed by atoms with E-state index < -0.39 is 0 Å². The molecule has 0 unspecified atom stereocenters. The Morgan fingerprint density at radius 1 is 0.913 bits per heavy atom. The normalized spacial score (nSPS) is 10.3. The molecule has 6 nitrogen and oxygen atoms in total. The zero-order valence-corrected chi connectivity index (χ0v) is 12.8. The highest BCUT2D eigenvalue weighted by Crippen LogP contribution is 2.26. The number of nitrogen functional groups attached to an aromatic ring is 1. The second-order valence-corrected chi connectivity index (χ2v) is 5.12. The van der Waals surface area contributed by atoms with E-state index >= 15 is 0 Å². The number of rotatable bonds is 5. The summed E-state index contributed by atoms with van der Waals surface area (Å²) in [5, 5.41) is 6.39. The summed E-state index contributed by atoms with van der Waals surface area (Å²) in [5.41, 5.74) is 8.81. The van der Waals surface area contributed by atoms with Gasteiger partial charge in [0.2, 0.25) is 0 Å². The van der Waals surface area contributed by atoms with Crippen molar-refractivity contribution in [2.75, 3.05) is 16.4 Å². The van der Waals surface area contributed by atoms with Crippen LogP contribution in [0.5, 0.6) is 0 Å². The molecule has 3 aromatic rings. The van der Waals surface area contributed by atoms with Crippen molar-refractivity contribution in [3.63, 3.8) is 0 Å². The molecule has 0 radical (unpaired) electrons. The van der Waals surface area contributed by atoms with E-state index in [2.05, 4.69) is 25.6 Å². The van der Waals surface area contributed by atoms with Gasteiger partial charge in [0.1, 0.15) is 17.8 Å². The second-order valence-electron chi connectivity index (χ2n) is 5.12. The molecular weight excluding hydrogens is 288 g/mol. The summed E-state index contributed by atoms with van der Waals surface area (Å²) in [7, 11) is 0. The molecular formula is C17H18N6. The molecule has 0 spiro atoms. The SMILES string of the molecule is Cc1cccnc1Nc1ncnc(NCc2ccccc2)c1N. The zero-order chi connectivity index (χ0) is 16.1. The van der Waals surface area contributed by atoms with Crippen LogP contribution >= 0.6 is 0 Å². The smallest absolute Gasteiger partial charge is 0.160 e. The highest BCUT2D eigenvalue weighted by Gasteiger charge is 2.09. The first kappa shape index (κ1) is 14.8. The third-order valence-electron chi connectivity index (χ3n) is 3.43. The Hall–Kier alpha value is -3.15. The summed E-state index contributed by atoms with van der Waals surface area (Å²) in [4.78, 5) is 12.7. The number of nitrogens with two attached hydrogens (primary N) is 1. The fraction of sp³-hybridized carbons (Fsp3) is 0.118. The highest BCUT2D eigenvalue weighted by atomic mass is 15.1. The van der Waals surface area contributed by atoms with Crippen LogP contribution in [0.25, 0.3) is 0 Å². The Labute approximate surface area is 134 Å². The van der Waals surface area contributed by atoms with E-state index in [4.69, 9.17) is 5.73 Å². The van der Waals surface area contributed by atoms with Crippen molar-refractivity contribution >= 4 is 23.1 Å². The van der Waals surface area contributed by atoms with Crippen molar-refractivity contribution in [3.05, 3.63) is 66.1 Å². The second kappa shape index (κ2) is 6.74. The molecule has 2 aromatic heterocycles. The molecule has 6 heteroatoms. The van der Waals surface area contributed by atoms with Crippen LogP contribution in [0.2, 0.25) is 0 Å². The van der Waals surface area contributed by atoms with E-state index in [0.29, 0.717) is 23.9 Å². The van der Waals surface area contributed by atoms with Crippen LogP contribution in [0.4, 0.5) is 23.1 Å². The van der Waals surface area contributed by atoms with Gasteiger partial charge in [0.15, 0.2) is 11.6 Å². The number of aryl methyl sites for hydroxylation is 1. The van der Waals surface area contributed by atoms with E-state index in [1.165, 1.54) is 6.33 Å². The minimum Gasteiger partial charge on any atom is -0.393 e. The van der Waals surface area contributed by atoms with Gasteiger partial charge in [-0.25, -0.2) is 15.0 Å². The Balaban J connectivity index is 1.77. The van der Waals surface area contributed by atoms with Crippen molar-refractivity contribution in [2.24, 2.45) is 0 Å². The van der Waals surface area contributed by atoms with Gasteiger partial charge in [-0.1, -0.05) is 36.4 Å². The Morgan fingerprint density at radius 2 is 1.70 bits per heavy atom. The Bertz CT molecular complexity index is 788. The van der Waals surface area contributed by atoms with Gasteiger partial charge in [-0.15, -0.1) is 0 Å². The van der Waals surface area contributed by atoms with Crippen LogP contribution in [-0.2, 0) is 6.54 Å². The van der Waals surface area contributed by atoms with Gasteiger partial charge in [0.05, 0.1) is 0 Å². The minimum absolute atomic E-state index is 0.466. The molecule has 4 N–H and O–H groups in total. The first-order valence-electron chi connectivity index (χ1n) is 7.31. The summed E-state index contributed by atoms with van der Waals surface area (Å²) in [5.74, 6) is 1.87. The predicted octanol–water partition coefficient (Wildman–Crippen LogP) is 3.12. The van der Waals surface area contributed by atoms with Gasteiger partial charge in [0, 0.05) is 12.7 Å². The number of hydrogen-bond donors (Lipinski definition) is 3. The average Bonchev–Trinajstić information content (AvgIpc) is 2.58. The molecule has 0 atom stereocenters. The molecule has 23 heavy (non-hydrogen) atoms. The summed E-state index contributed by atoms with van der Waals surface area (Å²) in [6.07, 6.45) is 3.20. The largest absolute Gasteiger partial charge is 0.393 e. The highest BCUT2D eigenvalue weighted by molar-refractivity contribution is 5.77. The van der Waals surface area contributed by atoms with Gasteiger partial charge in [-0.3, -0.25) is 0 Å². The zero-order valence-electron chi connectivity index (χ0n) is 12.8. The minimum atomic E-state index is 0.466. The maximum atomic E-state index is 6.17. The van der Waals surface area contributed by atoms with Crippen LogP contribution < -0.4 is 16.4 Å². The average molecular weight is 306 g/mol. The fourth-order valence-corrected chi connectivity index (χ4v) is 2.15. The quantitative estimate of drug-likeness (QED) is 0.671. The van der Waals surface area contributed by atoms with Crippen LogP contribution in [0.1, 0.15) is 11.1 Å². The number of benzene rings is 1. The number of hydrogen-bond acceptors (Lipinski definition) is 6. The monoisotopic (exact) mass is 306 g/mol. The third kappa shape index (κ3) is 3.55. The third-order valence-corrected chi connectivity index (χ3v) is 3.43. The van der Waals surface area contributed by atoms with E-state index in [0.717, 1.165) is 16.9 Å². The molecule has 0 saturated carbocycles. The molecule has 3 rings (SSSR count). The first-order chi connectivity index (χ1) is 11.2. The molecule has 116 valence electrons. The number of nitrogens with zero attached hydrogens (tertiary/aromatic N) is 3. The molecule has 0 saturated heterocycles. The molecule has 2 heterocycles. The van der Waals surface area contributed by atoms with Crippen molar-refractivity contribution in [2.45, 2.75) is 13.5 Å². The molecule has 0 amide bonds. The van der Waals surface area contributed by atoms with E-state index in [-0.39, 0.29) is 0 Å². The molecule has 0 aliphatic carbocycles. The van der Waals surface area contributed by atoms with Gasteiger partial charge >= 0.3 is 0 Å². The summed E-state index contributed by atoms with van der Waals surface area (Å²) in [6, 6.07) is 13.9. The Morgan fingerprint density at radius 3 is 2.48 bits per heavy atom. The lowest BCUT2D eigenvalue weighted by molar-refractivity contribution is 1.08. The fourth-order valence-electron chi connectivity index (χ4n) is 2.15. The topological polar surface area (TPSA) is 88.8 Å². The Kier molecular flexibility index (Phi) is 4.33. The van der Waals surface area contributed by atoms with Crippen LogP contribution in [0.3, 0.4) is 0 Å². The van der Waals surface area contributed by atoms with Crippen molar-refractivity contribution in [3.8, 4) is 0 Å².